The molecule has 0 atom stereocenters. The van der Waals surface area contributed by atoms with E-state index in [2.05, 4.69) is 17.6 Å². The molecule has 7 heteroatoms. The molecule has 0 aliphatic carbocycles. The van der Waals surface area contributed by atoms with Gasteiger partial charge in [0.1, 0.15) is 18.1 Å². The van der Waals surface area contributed by atoms with E-state index in [1.54, 1.807) is 29.2 Å². The van der Waals surface area contributed by atoms with Crippen molar-refractivity contribution in [3.63, 3.8) is 0 Å². The molecule has 1 heterocycles. The number of fused-ring (bicyclic) bond motifs is 1. The third-order valence-electron chi connectivity index (χ3n) is 5.25. The van der Waals surface area contributed by atoms with Crippen molar-refractivity contribution in [3.05, 3.63) is 42.5 Å². The van der Waals surface area contributed by atoms with Crippen LogP contribution < -0.4 is 25.0 Å². The zero-order valence-electron chi connectivity index (χ0n) is 19.4. The van der Waals surface area contributed by atoms with Crippen LogP contribution in [0, 0.1) is 5.41 Å². The summed E-state index contributed by atoms with van der Waals surface area (Å²) in [6.45, 7) is 9.50. The van der Waals surface area contributed by atoms with Gasteiger partial charge in [0.25, 0.3) is 0 Å². The quantitative estimate of drug-likeness (QED) is 0.519. The summed E-state index contributed by atoms with van der Waals surface area (Å²) in [4.78, 5) is 27.2. The van der Waals surface area contributed by atoms with Gasteiger partial charge in [-0.1, -0.05) is 20.3 Å². The van der Waals surface area contributed by atoms with Crippen LogP contribution in [0.25, 0.3) is 0 Å². The number of carbonyl (C=O) groups is 2. The van der Waals surface area contributed by atoms with E-state index in [1.165, 1.54) is 0 Å². The molecule has 0 radical (unpaired) electrons. The van der Waals surface area contributed by atoms with Crippen LogP contribution in [0.4, 0.5) is 21.9 Å². The summed E-state index contributed by atoms with van der Waals surface area (Å²) in [6, 6.07) is 12.3. The molecule has 0 bridgehead atoms. The lowest BCUT2D eigenvalue weighted by Gasteiger charge is -2.27. The minimum absolute atomic E-state index is 0.0404. The Bertz CT molecular complexity index is 941. The Balaban J connectivity index is 1.66. The van der Waals surface area contributed by atoms with Crippen molar-refractivity contribution in [1.29, 1.82) is 0 Å². The number of anilines is 3. The van der Waals surface area contributed by atoms with Crippen molar-refractivity contribution >= 4 is 29.0 Å². The molecular weight excluding hydrogens is 406 g/mol. The van der Waals surface area contributed by atoms with Crippen molar-refractivity contribution in [3.8, 4) is 11.5 Å². The van der Waals surface area contributed by atoms with Crippen LogP contribution in [0.3, 0.4) is 0 Å². The second-order valence-corrected chi connectivity index (χ2v) is 8.62. The van der Waals surface area contributed by atoms with Gasteiger partial charge in [0.05, 0.1) is 17.7 Å². The molecule has 2 aromatic rings. The van der Waals surface area contributed by atoms with Crippen molar-refractivity contribution in [2.45, 2.75) is 47.0 Å². The minimum Gasteiger partial charge on any atom is -0.494 e. The molecule has 2 N–H and O–H groups in total. The number of ether oxygens (including phenoxy) is 2. The number of hydrogen-bond donors (Lipinski definition) is 2. The SMILES string of the molecule is CCCCOc1ccc(NC(=O)Nc2ccc3c(c2)OCC(C)(C)C(=O)N3CCC)cc1. The summed E-state index contributed by atoms with van der Waals surface area (Å²) in [5.74, 6) is 1.41. The molecule has 0 saturated carbocycles. The van der Waals surface area contributed by atoms with Crippen molar-refractivity contribution in [2.75, 3.05) is 35.3 Å². The first-order chi connectivity index (χ1) is 15.3. The number of urea groups is 1. The summed E-state index contributed by atoms with van der Waals surface area (Å²) in [5.41, 5.74) is 1.36. The predicted molar refractivity (Wildman–Crippen MR) is 128 cm³/mol. The lowest BCUT2D eigenvalue weighted by atomic mass is 9.93. The van der Waals surface area contributed by atoms with E-state index in [0.717, 1.165) is 30.7 Å². The zero-order valence-corrected chi connectivity index (χ0v) is 19.4. The number of benzene rings is 2. The third kappa shape index (κ3) is 5.72. The Morgan fingerprint density at radius 3 is 2.44 bits per heavy atom. The second kappa shape index (κ2) is 10.4. The maximum Gasteiger partial charge on any atom is 0.323 e. The summed E-state index contributed by atoms with van der Waals surface area (Å²) in [6.07, 6.45) is 2.93. The van der Waals surface area contributed by atoms with Gasteiger partial charge >= 0.3 is 6.03 Å². The van der Waals surface area contributed by atoms with Crippen molar-refractivity contribution in [1.82, 2.24) is 0 Å². The van der Waals surface area contributed by atoms with E-state index < -0.39 is 5.41 Å². The maximum atomic E-state index is 12.9. The molecule has 0 spiro atoms. The van der Waals surface area contributed by atoms with Crippen molar-refractivity contribution < 1.29 is 19.1 Å². The number of nitrogens with zero attached hydrogens (tertiary/aromatic N) is 1. The molecule has 1 aliphatic heterocycles. The second-order valence-electron chi connectivity index (χ2n) is 8.62. The number of rotatable bonds is 8. The summed E-state index contributed by atoms with van der Waals surface area (Å²) in [7, 11) is 0. The molecule has 0 fully saturated rings. The molecule has 0 aromatic heterocycles. The molecule has 0 saturated heterocycles. The Kier molecular flexibility index (Phi) is 7.62. The number of nitrogens with one attached hydrogen (secondary N) is 2. The fourth-order valence-electron chi connectivity index (χ4n) is 3.43. The Hall–Kier alpha value is -3.22. The van der Waals surface area contributed by atoms with Gasteiger partial charge in [-0.2, -0.15) is 0 Å². The van der Waals surface area contributed by atoms with Gasteiger partial charge in [0.2, 0.25) is 5.91 Å². The van der Waals surface area contributed by atoms with Gasteiger partial charge in [0, 0.05) is 24.0 Å². The highest BCUT2D eigenvalue weighted by Gasteiger charge is 2.37. The first-order valence-corrected chi connectivity index (χ1v) is 11.2. The predicted octanol–water partition coefficient (Wildman–Crippen LogP) is 5.67. The first kappa shape index (κ1) is 23.4. The minimum atomic E-state index is -0.619. The van der Waals surface area contributed by atoms with Crippen LogP contribution in [0.1, 0.15) is 47.0 Å². The van der Waals surface area contributed by atoms with E-state index >= 15 is 0 Å². The molecular formula is C25H33N3O4. The van der Waals surface area contributed by atoms with Crippen LogP contribution in [0.15, 0.2) is 42.5 Å². The maximum absolute atomic E-state index is 12.9. The lowest BCUT2D eigenvalue weighted by Crippen LogP contribution is -2.42. The van der Waals surface area contributed by atoms with E-state index in [9.17, 15) is 9.59 Å². The van der Waals surface area contributed by atoms with Gasteiger partial charge < -0.3 is 25.0 Å². The van der Waals surface area contributed by atoms with Crippen LogP contribution in [0.5, 0.6) is 11.5 Å². The molecule has 7 nitrogen and oxygen atoms in total. The largest absolute Gasteiger partial charge is 0.494 e. The average molecular weight is 440 g/mol. The van der Waals surface area contributed by atoms with E-state index in [1.807, 2.05) is 39.0 Å². The molecule has 3 amide bonds. The molecule has 32 heavy (non-hydrogen) atoms. The first-order valence-electron chi connectivity index (χ1n) is 11.2. The molecule has 1 aliphatic rings. The Morgan fingerprint density at radius 2 is 1.75 bits per heavy atom. The lowest BCUT2D eigenvalue weighted by molar-refractivity contribution is -0.127. The Morgan fingerprint density at radius 1 is 1.06 bits per heavy atom. The normalized spacial score (nSPS) is 14.8. The van der Waals surface area contributed by atoms with Crippen molar-refractivity contribution in [2.24, 2.45) is 5.41 Å². The molecule has 3 rings (SSSR count). The van der Waals surface area contributed by atoms with Gasteiger partial charge in [-0.25, -0.2) is 4.79 Å². The molecule has 2 aromatic carbocycles. The van der Waals surface area contributed by atoms with Crippen LogP contribution in [-0.4, -0.2) is 31.7 Å². The number of unbranched alkanes of at least 4 members (excludes halogenated alkanes) is 1. The number of carbonyl (C=O) groups excluding carboxylic acids is 2. The number of hydrogen-bond acceptors (Lipinski definition) is 4. The molecule has 172 valence electrons. The van der Waals surface area contributed by atoms with Gasteiger partial charge in [0.15, 0.2) is 0 Å². The van der Waals surface area contributed by atoms with Crippen LogP contribution >= 0.6 is 0 Å². The average Bonchev–Trinajstić information content (AvgIpc) is 2.85. The molecule has 0 unspecified atom stereocenters. The highest BCUT2D eigenvalue weighted by molar-refractivity contribution is 6.02. The number of amides is 3. The van der Waals surface area contributed by atoms with Gasteiger partial charge in [-0.15, -0.1) is 0 Å². The fourth-order valence-corrected chi connectivity index (χ4v) is 3.43. The van der Waals surface area contributed by atoms with Crippen LogP contribution in [-0.2, 0) is 4.79 Å². The van der Waals surface area contributed by atoms with Gasteiger partial charge in [-0.3, -0.25) is 4.79 Å². The van der Waals surface area contributed by atoms with E-state index in [4.69, 9.17) is 9.47 Å². The highest BCUT2D eigenvalue weighted by atomic mass is 16.5. The summed E-state index contributed by atoms with van der Waals surface area (Å²) in [5, 5.41) is 5.65. The van der Waals surface area contributed by atoms with E-state index in [0.29, 0.717) is 30.3 Å². The standard InChI is InChI=1S/C25H33N3O4/c1-5-7-15-31-20-11-8-18(9-12-20)26-24(30)27-19-10-13-21-22(16-19)32-17-25(3,4)23(29)28(21)14-6-2/h8-13,16H,5-7,14-15,17H2,1-4H3,(H2,26,27,30). The smallest absolute Gasteiger partial charge is 0.323 e. The summed E-state index contributed by atoms with van der Waals surface area (Å²) < 4.78 is 11.6. The Labute approximate surface area is 190 Å². The van der Waals surface area contributed by atoms with E-state index in [-0.39, 0.29) is 18.5 Å². The topological polar surface area (TPSA) is 79.9 Å². The monoisotopic (exact) mass is 439 g/mol. The fraction of sp³-hybridized carbons (Fsp3) is 0.440. The van der Waals surface area contributed by atoms with Crippen LogP contribution in [0.2, 0.25) is 0 Å². The zero-order chi connectivity index (χ0) is 23.1. The highest BCUT2D eigenvalue weighted by Crippen LogP contribution is 2.38. The third-order valence-corrected chi connectivity index (χ3v) is 5.25. The van der Waals surface area contributed by atoms with Gasteiger partial charge in [-0.05, 0) is 63.1 Å². The summed E-state index contributed by atoms with van der Waals surface area (Å²) >= 11 is 0.